The highest BCUT2D eigenvalue weighted by Gasteiger charge is 2.29. The third-order valence-electron chi connectivity index (χ3n) is 4.99. The Bertz CT molecular complexity index is 1070. The number of hydrogen-bond acceptors (Lipinski definition) is 6. The van der Waals surface area contributed by atoms with Crippen LogP contribution in [-0.2, 0) is 19.6 Å². The lowest BCUT2D eigenvalue weighted by Gasteiger charge is -2.34. The zero-order chi connectivity index (χ0) is 22.6. The zero-order valence-corrected chi connectivity index (χ0v) is 17.7. The van der Waals surface area contributed by atoms with Gasteiger partial charge in [-0.25, -0.2) is 17.6 Å². The number of ether oxygens (including phenoxy) is 1. The van der Waals surface area contributed by atoms with Gasteiger partial charge in [-0.1, -0.05) is 0 Å². The number of sulfonamides is 1. The molecule has 1 aliphatic heterocycles. The summed E-state index contributed by atoms with van der Waals surface area (Å²) in [5.41, 5.74) is 0.361. The van der Waals surface area contributed by atoms with Crippen LogP contribution in [0.25, 0.3) is 0 Å². The van der Waals surface area contributed by atoms with Gasteiger partial charge in [-0.3, -0.25) is 9.52 Å². The number of piperidine rings is 1. The van der Waals surface area contributed by atoms with Gasteiger partial charge in [0, 0.05) is 18.8 Å². The third-order valence-corrected chi connectivity index (χ3v) is 6.38. The number of nitrogens with one attached hydrogen (secondary N) is 1. The van der Waals surface area contributed by atoms with Gasteiger partial charge >= 0.3 is 11.9 Å². The van der Waals surface area contributed by atoms with E-state index in [1.807, 2.05) is 0 Å². The van der Waals surface area contributed by atoms with Gasteiger partial charge in [0.1, 0.15) is 5.82 Å². The summed E-state index contributed by atoms with van der Waals surface area (Å²) in [6.45, 7) is 2.89. The number of benzene rings is 2. The number of carboxylic acids is 1. The van der Waals surface area contributed by atoms with Crippen LogP contribution in [0.4, 0.5) is 15.8 Å². The highest BCUT2D eigenvalue weighted by molar-refractivity contribution is 7.92. The van der Waals surface area contributed by atoms with E-state index in [4.69, 9.17) is 4.74 Å². The average Bonchev–Trinajstić information content (AvgIpc) is 2.74. The second kappa shape index (κ2) is 9.34. The number of rotatable bonds is 7. The average molecular weight is 450 g/mol. The Labute approximate surface area is 179 Å². The molecule has 2 aromatic carbocycles. The fourth-order valence-corrected chi connectivity index (χ4v) is 4.57. The van der Waals surface area contributed by atoms with E-state index in [1.165, 1.54) is 18.2 Å². The number of anilines is 2. The lowest BCUT2D eigenvalue weighted by atomic mass is 9.97. The predicted octanol–water partition coefficient (Wildman–Crippen LogP) is 3.10. The summed E-state index contributed by atoms with van der Waals surface area (Å²) in [5.74, 6) is -2.46. The summed E-state index contributed by atoms with van der Waals surface area (Å²) in [5, 5.41) is 9.69. The van der Waals surface area contributed by atoms with Crippen molar-refractivity contribution in [1.82, 2.24) is 0 Å². The predicted molar refractivity (Wildman–Crippen MR) is 112 cm³/mol. The van der Waals surface area contributed by atoms with Crippen molar-refractivity contribution in [2.45, 2.75) is 24.7 Å². The van der Waals surface area contributed by atoms with Crippen LogP contribution in [0.1, 0.15) is 30.1 Å². The van der Waals surface area contributed by atoms with Gasteiger partial charge in [-0.15, -0.1) is 0 Å². The van der Waals surface area contributed by atoms with E-state index in [9.17, 15) is 27.5 Å². The lowest BCUT2D eigenvalue weighted by molar-refractivity contribution is -0.148. The number of esters is 1. The molecule has 166 valence electrons. The van der Waals surface area contributed by atoms with E-state index < -0.39 is 21.8 Å². The van der Waals surface area contributed by atoms with Crippen LogP contribution in [-0.4, -0.2) is 45.2 Å². The van der Waals surface area contributed by atoms with Gasteiger partial charge in [0.15, 0.2) is 0 Å². The molecule has 0 aliphatic carbocycles. The van der Waals surface area contributed by atoms with E-state index in [2.05, 4.69) is 4.72 Å². The molecule has 1 atom stereocenters. The molecule has 0 spiro atoms. The monoisotopic (exact) mass is 450 g/mol. The largest absolute Gasteiger partial charge is 0.478 e. The third kappa shape index (κ3) is 5.32. The van der Waals surface area contributed by atoms with Crippen LogP contribution >= 0.6 is 0 Å². The van der Waals surface area contributed by atoms with Gasteiger partial charge in [0.2, 0.25) is 0 Å². The first-order valence-corrected chi connectivity index (χ1v) is 11.3. The fourth-order valence-electron chi connectivity index (χ4n) is 3.52. The molecule has 0 unspecified atom stereocenters. The number of carboxylic acid groups (broad SMARTS) is 1. The number of hydrogen-bond donors (Lipinski definition) is 2. The summed E-state index contributed by atoms with van der Waals surface area (Å²) in [4.78, 5) is 25.6. The van der Waals surface area contributed by atoms with Gasteiger partial charge < -0.3 is 14.7 Å². The molecule has 3 rings (SSSR count). The summed E-state index contributed by atoms with van der Waals surface area (Å²) in [6.07, 6.45) is 1.36. The Morgan fingerprint density at radius 1 is 1.23 bits per heavy atom. The lowest BCUT2D eigenvalue weighted by Crippen LogP contribution is -2.40. The highest BCUT2D eigenvalue weighted by Crippen LogP contribution is 2.30. The first-order valence-electron chi connectivity index (χ1n) is 9.78. The van der Waals surface area contributed by atoms with E-state index in [-0.39, 0.29) is 34.6 Å². The molecule has 0 aromatic heterocycles. The summed E-state index contributed by atoms with van der Waals surface area (Å²) >= 11 is 0. The summed E-state index contributed by atoms with van der Waals surface area (Å²) in [7, 11) is -4.02. The first kappa shape index (κ1) is 22.5. The molecular weight excluding hydrogens is 427 g/mol. The molecule has 0 radical (unpaired) electrons. The molecule has 1 aliphatic rings. The Morgan fingerprint density at radius 2 is 1.94 bits per heavy atom. The van der Waals surface area contributed by atoms with Crippen molar-refractivity contribution in [2.24, 2.45) is 5.92 Å². The van der Waals surface area contributed by atoms with Crippen molar-refractivity contribution in [3.63, 3.8) is 0 Å². The first-order chi connectivity index (χ1) is 14.7. The van der Waals surface area contributed by atoms with Crippen molar-refractivity contribution < 1.29 is 32.2 Å². The van der Waals surface area contributed by atoms with Crippen LogP contribution in [0.3, 0.4) is 0 Å². The Kier molecular flexibility index (Phi) is 6.79. The maximum atomic E-state index is 13.1. The number of halogens is 1. The van der Waals surface area contributed by atoms with Crippen molar-refractivity contribution in [3.8, 4) is 0 Å². The molecule has 1 saturated heterocycles. The highest BCUT2D eigenvalue weighted by atomic mass is 32.2. The molecule has 0 bridgehead atoms. The van der Waals surface area contributed by atoms with E-state index in [1.54, 1.807) is 11.8 Å². The maximum Gasteiger partial charge on any atom is 0.337 e. The molecule has 8 nitrogen and oxygen atoms in total. The number of nitrogens with zero attached hydrogens (tertiary/aromatic N) is 1. The van der Waals surface area contributed by atoms with Crippen LogP contribution in [0.2, 0.25) is 0 Å². The van der Waals surface area contributed by atoms with Gasteiger partial charge in [-0.05, 0) is 62.2 Å². The Morgan fingerprint density at radius 3 is 2.58 bits per heavy atom. The summed E-state index contributed by atoms with van der Waals surface area (Å²) in [6, 6.07) is 8.48. The second-order valence-electron chi connectivity index (χ2n) is 7.13. The van der Waals surface area contributed by atoms with Crippen molar-refractivity contribution in [1.29, 1.82) is 0 Å². The van der Waals surface area contributed by atoms with E-state index >= 15 is 0 Å². The molecule has 1 heterocycles. The zero-order valence-electron chi connectivity index (χ0n) is 16.9. The van der Waals surface area contributed by atoms with Crippen LogP contribution in [0.5, 0.6) is 0 Å². The maximum absolute atomic E-state index is 13.1. The molecular formula is C21H23FN2O6S. The SMILES string of the molecule is CCOC(=O)[C@@H]1CCCN(c2ccc(NS(=O)(=O)c3ccc(F)cc3)cc2C(=O)O)C1. The Balaban J connectivity index is 1.85. The van der Waals surface area contributed by atoms with Crippen LogP contribution in [0.15, 0.2) is 47.4 Å². The molecule has 31 heavy (non-hydrogen) atoms. The van der Waals surface area contributed by atoms with Crippen molar-refractivity contribution in [3.05, 3.63) is 53.8 Å². The van der Waals surface area contributed by atoms with E-state index in [0.29, 0.717) is 31.6 Å². The van der Waals surface area contributed by atoms with Gasteiger partial charge in [-0.2, -0.15) is 0 Å². The van der Waals surface area contributed by atoms with Crippen molar-refractivity contribution in [2.75, 3.05) is 29.3 Å². The minimum atomic E-state index is -4.02. The molecule has 2 aromatic rings. The normalized spacial score (nSPS) is 16.6. The second-order valence-corrected chi connectivity index (χ2v) is 8.82. The number of carbonyl (C=O) groups excluding carboxylic acids is 1. The fraction of sp³-hybridized carbons (Fsp3) is 0.333. The van der Waals surface area contributed by atoms with E-state index in [0.717, 1.165) is 24.3 Å². The standard InChI is InChI=1S/C21H23FN2O6S/c1-2-30-21(27)14-4-3-11-24(13-14)19-10-7-16(12-18(19)20(25)26)23-31(28,29)17-8-5-15(22)6-9-17/h5-10,12,14,23H,2-4,11,13H2,1H3,(H,25,26)/t14-/m1/s1. The van der Waals surface area contributed by atoms with Crippen LogP contribution < -0.4 is 9.62 Å². The molecule has 0 saturated carbocycles. The topological polar surface area (TPSA) is 113 Å². The minimum absolute atomic E-state index is 0.0597. The van der Waals surface area contributed by atoms with Crippen molar-refractivity contribution >= 4 is 33.3 Å². The number of aromatic carboxylic acids is 1. The summed E-state index contributed by atoms with van der Waals surface area (Å²) < 4.78 is 45.5. The van der Waals surface area contributed by atoms with Gasteiger partial charge in [0.25, 0.3) is 10.0 Å². The van der Waals surface area contributed by atoms with Gasteiger partial charge in [0.05, 0.1) is 28.7 Å². The molecule has 1 fully saturated rings. The number of carbonyl (C=O) groups is 2. The Hall–Kier alpha value is -3.14. The minimum Gasteiger partial charge on any atom is -0.478 e. The molecule has 10 heteroatoms. The quantitative estimate of drug-likeness (QED) is 0.623. The molecule has 2 N–H and O–H groups in total. The smallest absolute Gasteiger partial charge is 0.337 e. The molecule has 0 amide bonds. The van der Waals surface area contributed by atoms with Crippen LogP contribution in [0, 0.1) is 11.7 Å².